The second-order valence-electron chi connectivity index (χ2n) is 12.0. The van der Waals surface area contributed by atoms with Gasteiger partial charge in [-0.3, -0.25) is 14.3 Å². The minimum absolute atomic E-state index is 0.0815. The van der Waals surface area contributed by atoms with E-state index in [1.807, 2.05) is 54.1 Å². The third kappa shape index (κ3) is 6.50. The SMILES string of the molecule is Cc1ccc(C(=O)N2CCC(c3ccc(-c4cnn(C)c4)cc3)CC2)cc1CC(=O)C1CCN(CC(C)C)C1. The molecule has 2 aliphatic heterocycles. The number of hydrogen-bond acceptors (Lipinski definition) is 4. The zero-order chi connectivity index (χ0) is 27.5. The van der Waals surface area contributed by atoms with E-state index in [0.717, 1.165) is 68.7 Å². The van der Waals surface area contributed by atoms with E-state index in [4.69, 9.17) is 0 Å². The van der Waals surface area contributed by atoms with Crippen LogP contribution in [0, 0.1) is 18.8 Å². The summed E-state index contributed by atoms with van der Waals surface area (Å²) >= 11 is 0. The van der Waals surface area contributed by atoms with Crippen molar-refractivity contribution in [3.63, 3.8) is 0 Å². The van der Waals surface area contributed by atoms with E-state index >= 15 is 0 Å². The third-order valence-corrected chi connectivity index (χ3v) is 8.51. The van der Waals surface area contributed by atoms with Crippen LogP contribution in [0.25, 0.3) is 11.1 Å². The van der Waals surface area contributed by atoms with Gasteiger partial charge in [0.25, 0.3) is 5.91 Å². The maximum atomic E-state index is 13.4. The Balaban J connectivity index is 1.17. The Kier molecular flexibility index (Phi) is 8.31. The lowest BCUT2D eigenvalue weighted by atomic mass is 9.88. The number of aryl methyl sites for hydroxylation is 2. The highest BCUT2D eigenvalue weighted by Gasteiger charge is 2.29. The molecule has 0 spiro atoms. The summed E-state index contributed by atoms with van der Waals surface area (Å²) in [5, 5.41) is 4.27. The first kappa shape index (κ1) is 27.3. The molecule has 3 heterocycles. The van der Waals surface area contributed by atoms with E-state index in [2.05, 4.69) is 48.1 Å². The second kappa shape index (κ2) is 11.9. The maximum Gasteiger partial charge on any atom is 0.253 e. The number of nitrogens with zero attached hydrogens (tertiary/aromatic N) is 4. The molecule has 206 valence electrons. The van der Waals surface area contributed by atoms with Crippen LogP contribution in [0.2, 0.25) is 0 Å². The molecule has 1 aromatic heterocycles. The molecule has 3 aromatic rings. The van der Waals surface area contributed by atoms with Gasteiger partial charge in [0.1, 0.15) is 5.78 Å². The van der Waals surface area contributed by atoms with Gasteiger partial charge >= 0.3 is 0 Å². The Labute approximate surface area is 233 Å². The van der Waals surface area contributed by atoms with Gasteiger partial charge in [-0.25, -0.2) is 0 Å². The van der Waals surface area contributed by atoms with Gasteiger partial charge in [0, 0.05) is 62.9 Å². The van der Waals surface area contributed by atoms with Gasteiger partial charge < -0.3 is 9.80 Å². The smallest absolute Gasteiger partial charge is 0.253 e. The normalized spacial score (nSPS) is 18.7. The molecule has 6 nitrogen and oxygen atoms in total. The molecule has 2 fully saturated rings. The molecule has 39 heavy (non-hydrogen) atoms. The van der Waals surface area contributed by atoms with E-state index in [1.165, 1.54) is 11.1 Å². The largest absolute Gasteiger partial charge is 0.339 e. The number of carbonyl (C=O) groups is 2. The molecule has 0 bridgehead atoms. The van der Waals surface area contributed by atoms with Crippen molar-refractivity contribution in [3.05, 3.63) is 77.1 Å². The van der Waals surface area contributed by atoms with Crippen LogP contribution in [0.4, 0.5) is 0 Å². The Bertz CT molecular complexity index is 1300. The van der Waals surface area contributed by atoms with Crippen molar-refractivity contribution in [2.24, 2.45) is 18.9 Å². The Hall–Kier alpha value is -3.25. The molecule has 2 saturated heterocycles. The third-order valence-electron chi connectivity index (χ3n) is 8.51. The molecule has 5 rings (SSSR count). The van der Waals surface area contributed by atoms with Crippen molar-refractivity contribution < 1.29 is 9.59 Å². The maximum absolute atomic E-state index is 13.4. The van der Waals surface area contributed by atoms with E-state index in [-0.39, 0.29) is 11.8 Å². The molecule has 0 saturated carbocycles. The van der Waals surface area contributed by atoms with Crippen LogP contribution in [0.1, 0.15) is 66.1 Å². The standard InChI is InChI=1S/C33H42N4O2/c1-23(2)20-36-14-11-29(22-36)32(38)18-30-17-28(6-5-24(30)3)33(39)37-15-12-27(13-16-37)25-7-9-26(10-8-25)31-19-34-35(4)21-31/h5-10,17,19,21,23,27,29H,11-16,18,20,22H2,1-4H3. The van der Waals surface area contributed by atoms with Crippen LogP contribution in [-0.4, -0.2) is 64.0 Å². The van der Waals surface area contributed by atoms with Crippen LogP contribution in [0.15, 0.2) is 54.9 Å². The van der Waals surface area contributed by atoms with Gasteiger partial charge in [-0.1, -0.05) is 44.2 Å². The van der Waals surface area contributed by atoms with E-state index in [1.54, 1.807) is 0 Å². The summed E-state index contributed by atoms with van der Waals surface area (Å²) in [4.78, 5) is 31.0. The summed E-state index contributed by atoms with van der Waals surface area (Å²) in [5.74, 6) is 1.58. The lowest BCUT2D eigenvalue weighted by Gasteiger charge is -2.32. The summed E-state index contributed by atoms with van der Waals surface area (Å²) in [5.41, 5.74) is 6.43. The molecule has 0 N–H and O–H groups in total. The van der Waals surface area contributed by atoms with E-state index in [0.29, 0.717) is 29.6 Å². The first-order valence-corrected chi connectivity index (χ1v) is 14.5. The molecule has 1 unspecified atom stereocenters. The first-order chi connectivity index (χ1) is 18.8. The highest BCUT2D eigenvalue weighted by Crippen LogP contribution is 2.31. The van der Waals surface area contributed by atoms with Gasteiger partial charge in [0.2, 0.25) is 0 Å². The number of rotatable bonds is 8. The van der Waals surface area contributed by atoms with Gasteiger partial charge in [0.15, 0.2) is 0 Å². The summed E-state index contributed by atoms with van der Waals surface area (Å²) in [7, 11) is 1.93. The fraction of sp³-hybridized carbons (Fsp3) is 0.485. The van der Waals surface area contributed by atoms with Gasteiger partial charge in [-0.2, -0.15) is 5.10 Å². The average Bonchev–Trinajstić information content (AvgIpc) is 3.58. The number of aromatic nitrogens is 2. The van der Waals surface area contributed by atoms with Crippen molar-refractivity contribution >= 4 is 11.7 Å². The van der Waals surface area contributed by atoms with Crippen molar-refractivity contribution in [3.8, 4) is 11.1 Å². The van der Waals surface area contributed by atoms with Crippen LogP contribution in [0.3, 0.4) is 0 Å². The summed E-state index contributed by atoms with van der Waals surface area (Å²) in [6.45, 7) is 10.9. The van der Waals surface area contributed by atoms with Crippen LogP contribution < -0.4 is 0 Å². The number of piperidine rings is 1. The molecule has 2 aromatic carbocycles. The minimum Gasteiger partial charge on any atom is -0.339 e. The predicted molar refractivity (Wildman–Crippen MR) is 156 cm³/mol. The molecular formula is C33H42N4O2. The van der Waals surface area contributed by atoms with Gasteiger partial charge in [-0.15, -0.1) is 0 Å². The van der Waals surface area contributed by atoms with Gasteiger partial charge in [0.05, 0.1) is 6.20 Å². The number of Topliss-reactive ketones (excluding diaryl/α,β-unsaturated/α-hetero) is 1. The summed E-state index contributed by atoms with van der Waals surface area (Å²) in [6, 6.07) is 14.7. The molecule has 1 atom stereocenters. The van der Waals surface area contributed by atoms with E-state index < -0.39 is 0 Å². The average molecular weight is 527 g/mol. The van der Waals surface area contributed by atoms with E-state index in [9.17, 15) is 9.59 Å². The number of benzene rings is 2. The number of ketones is 1. The highest BCUT2D eigenvalue weighted by molar-refractivity contribution is 5.95. The lowest BCUT2D eigenvalue weighted by molar-refractivity contribution is -0.121. The van der Waals surface area contributed by atoms with Crippen molar-refractivity contribution in [2.45, 2.75) is 52.4 Å². The lowest BCUT2D eigenvalue weighted by Crippen LogP contribution is -2.38. The quantitative estimate of drug-likeness (QED) is 0.389. The molecule has 2 aliphatic rings. The zero-order valence-corrected chi connectivity index (χ0v) is 23.9. The number of amides is 1. The first-order valence-electron chi connectivity index (χ1n) is 14.5. The molecule has 0 radical (unpaired) electrons. The number of likely N-dealkylation sites (tertiary alicyclic amines) is 2. The van der Waals surface area contributed by atoms with Crippen LogP contribution in [-0.2, 0) is 18.3 Å². The fourth-order valence-corrected chi connectivity index (χ4v) is 6.22. The van der Waals surface area contributed by atoms with Crippen LogP contribution in [0.5, 0.6) is 0 Å². The minimum atomic E-state index is 0.0815. The van der Waals surface area contributed by atoms with Crippen molar-refractivity contribution in [1.29, 1.82) is 0 Å². The van der Waals surface area contributed by atoms with Gasteiger partial charge in [-0.05, 0) is 79.0 Å². The topological polar surface area (TPSA) is 58.4 Å². The molecule has 6 heteroatoms. The predicted octanol–water partition coefficient (Wildman–Crippen LogP) is 5.50. The fourth-order valence-electron chi connectivity index (χ4n) is 6.22. The van der Waals surface area contributed by atoms with Crippen molar-refractivity contribution in [1.82, 2.24) is 19.6 Å². The molecule has 1 amide bonds. The number of carbonyl (C=O) groups excluding carboxylic acids is 2. The Morgan fingerprint density at radius 1 is 0.974 bits per heavy atom. The Morgan fingerprint density at radius 3 is 2.38 bits per heavy atom. The zero-order valence-electron chi connectivity index (χ0n) is 23.9. The summed E-state index contributed by atoms with van der Waals surface area (Å²) in [6.07, 6.45) is 7.21. The molecular weight excluding hydrogens is 484 g/mol. The monoisotopic (exact) mass is 526 g/mol. The summed E-state index contributed by atoms with van der Waals surface area (Å²) < 4.78 is 1.82. The molecule has 0 aliphatic carbocycles. The highest BCUT2D eigenvalue weighted by atomic mass is 16.2. The Morgan fingerprint density at radius 2 is 1.72 bits per heavy atom. The number of hydrogen-bond donors (Lipinski definition) is 0. The second-order valence-corrected chi connectivity index (χ2v) is 12.0. The van der Waals surface area contributed by atoms with Crippen molar-refractivity contribution in [2.75, 3.05) is 32.7 Å². The van der Waals surface area contributed by atoms with Crippen LogP contribution >= 0.6 is 0 Å².